The summed E-state index contributed by atoms with van der Waals surface area (Å²) in [5.74, 6) is 1.47. The highest BCUT2D eigenvalue weighted by molar-refractivity contribution is 5.27. The van der Waals surface area contributed by atoms with Crippen LogP contribution in [0.2, 0.25) is 0 Å². The van der Waals surface area contributed by atoms with Crippen molar-refractivity contribution in [1.29, 1.82) is 0 Å². The van der Waals surface area contributed by atoms with Gasteiger partial charge in [-0.1, -0.05) is 30.3 Å². The highest BCUT2D eigenvalue weighted by Gasteiger charge is 2.42. The molecule has 2 nitrogen and oxygen atoms in total. The van der Waals surface area contributed by atoms with E-state index < -0.39 is 0 Å². The molecule has 0 spiro atoms. The summed E-state index contributed by atoms with van der Waals surface area (Å²) in [4.78, 5) is 0. The molecule has 3 N–H and O–H groups in total. The highest BCUT2D eigenvalue weighted by Crippen LogP contribution is 2.42. The molecule has 1 aromatic carbocycles. The molecule has 1 aromatic rings. The largest absolute Gasteiger partial charge is 0.324 e. The van der Waals surface area contributed by atoms with Gasteiger partial charge in [0.05, 0.1) is 0 Å². The lowest BCUT2D eigenvalue weighted by molar-refractivity contribution is 0.378. The van der Waals surface area contributed by atoms with Crippen molar-refractivity contribution in [3.8, 4) is 0 Å². The Morgan fingerprint density at radius 2 is 2.00 bits per heavy atom. The molecule has 2 aliphatic rings. The van der Waals surface area contributed by atoms with Gasteiger partial charge in [0.15, 0.2) is 0 Å². The van der Waals surface area contributed by atoms with Gasteiger partial charge in [0.2, 0.25) is 0 Å². The molecular formula is C15H22N2. The van der Waals surface area contributed by atoms with Gasteiger partial charge < -0.3 is 11.1 Å². The number of hydrogen-bond acceptors (Lipinski definition) is 2. The predicted molar refractivity (Wildman–Crippen MR) is 70.9 cm³/mol. The molecule has 2 heteroatoms. The van der Waals surface area contributed by atoms with Crippen LogP contribution in [0.3, 0.4) is 0 Å². The van der Waals surface area contributed by atoms with Gasteiger partial charge in [-0.05, 0) is 37.7 Å². The average Bonchev–Trinajstić information content (AvgIpc) is 3.18. The van der Waals surface area contributed by atoms with Crippen molar-refractivity contribution in [3.63, 3.8) is 0 Å². The van der Waals surface area contributed by atoms with E-state index in [1.54, 1.807) is 0 Å². The van der Waals surface area contributed by atoms with Crippen LogP contribution in [-0.4, -0.2) is 18.1 Å². The Morgan fingerprint density at radius 3 is 2.65 bits per heavy atom. The normalized spacial score (nSPS) is 30.9. The van der Waals surface area contributed by atoms with Crippen LogP contribution in [0.1, 0.15) is 37.7 Å². The van der Waals surface area contributed by atoms with Crippen molar-refractivity contribution >= 4 is 0 Å². The van der Waals surface area contributed by atoms with Gasteiger partial charge in [-0.3, -0.25) is 0 Å². The van der Waals surface area contributed by atoms with Crippen LogP contribution in [0.25, 0.3) is 0 Å². The molecule has 0 bridgehead atoms. The van der Waals surface area contributed by atoms with Gasteiger partial charge in [0.25, 0.3) is 0 Å². The second-order valence-electron chi connectivity index (χ2n) is 6.02. The first-order valence-corrected chi connectivity index (χ1v) is 6.74. The van der Waals surface area contributed by atoms with Gasteiger partial charge >= 0.3 is 0 Å². The second-order valence-corrected chi connectivity index (χ2v) is 6.02. The first kappa shape index (κ1) is 11.2. The van der Waals surface area contributed by atoms with Crippen molar-refractivity contribution in [1.82, 2.24) is 5.32 Å². The number of nitrogens with two attached hydrogens (primary N) is 1. The molecule has 3 unspecified atom stereocenters. The Morgan fingerprint density at radius 1 is 1.29 bits per heavy atom. The molecule has 2 saturated carbocycles. The van der Waals surface area contributed by atoms with Crippen LogP contribution in [0, 0.1) is 5.92 Å². The third-order valence-electron chi connectivity index (χ3n) is 4.27. The molecule has 3 rings (SSSR count). The Hall–Kier alpha value is -0.860. The summed E-state index contributed by atoms with van der Waals surface area (Å²) in [6.07, 6.45) is 3.91. The van der Waals surface area contributed by atoms with Crippen LogP contribution in [0.5, 0.6) is 0 Å². The Kier molecular flexibility index (Phi) is 2.72. The minimum Gasteiger partial charge on any atom is -0.324 e. The smallest absolute Gasteiger partial charge is 0.0280 e. The third-order valence-corrected chi connectivity index (χ3v) is 4.27. The maximum absolute atomic E-state index is 6.32. The minimum atomic E-state index is 0.00380. The fourth-order valence-corrected chi connectivity index (χ4v) is 2.73. The van der Waals surface area contributed by atoms with Crippen LogP contribution >= 0.6 is 0 Å². The Bertz CT molecular complexity index is 381. The zero-order valence-corrected chi connectivity index (χ0v) is 10.5. The number of hydrogen-bond donors (Lipinski definition) is 2. The quantitative estimate of drug-likeness (QED) is 0.814. The summed E-state index contributed by atoms with van der Waals surface area (Å²) in [7, 11) is 0. The van der Waals surface area contributed by atoms with Crippen LogP contribution in [0.4, 0.5) is 0 Å². The summed E-state index contributed by atoms with van der Waals surface area (Å²) < 4.78 is 0. The van der Waals surface area contributed by atoms with E-state index in [-0.39, 0.29) is 5.54 Å². The molecule has 92 valence electrons. The van der Waals surface area contributed by atoms with Crippen molar-refractivity contribution in [2.75, 3.05) is 6.54 Å². The van der Waals surface area contributed by atoms with E-state index in [1.165, 1.54) is 24.8 Å². The molecule has 17 heavy (non-hydrogen) atoms. The van der Waals surface area contributed by atoms with E-state index in [2.05, 4.69) is 42.6 Å². The third kappa shape index (κ3) is 2.53. The Labute approximate surface area is 104 Å². The van der Waals surface area contributed by atoms with Gasteiger partial charge in [0, 0.05) is 24.0 Å². The Balaban J connectivity index is 1.49. The van der Waals surface area contributed by atoms with Crippen LogP contribution < -0.4 is 11.1 Å². The summed E-state index contributed by atoms with van der Waals surface area (Å²) >= 11 is 0. The van der Waals surface area contributed by atoms with Crippen LogP contribution in [-0.2, 0) is 0 Å². The fourth-order valence-electron chi connectivity index (χ4n) is 2.73. The maximum atomic E-state index is 6.32. The lowest BCUT2D eigenvalue weighted by Gasteiger charge is -2.25. The summed E-state index contributed by atoms with van der Waals surface area (Å²) in [6, 6.07) is 11.4. The first-order chi connectivity index (χ1) is 8.17. The molecule has 0 heterocycles. The van der Waals surface area contributed by atoms with Crippen LogP contribution in [0.15, 0.2) is 30.3 Å². The molecule has 0 amide bonds. The highest BCUT2D eigenvalue weighted by atomic mass is 15.0. The molecule has 2 fully saturated rings. The summed E-state index contributed by atoms with van der Waals surface area (Å²) in [5, 5.41) is 3.64. The molecule has 0 aliphatic heterocycles. The zero-order valence-electron chi connectivity index (χ0n) is 10.5. The van der Waals surface area contributed by atoms with Gasteiger partial charge in [-0.25, -0.2) is 0 Å². The van der Waals surface area contributed by atoms with E-state index in [0.717, 1.165) is 12.5 Å². The monoisotopic (exact) mass is 230 g/mol. The summed E-state index contributed by atoms with van der Waals surface area (Å²) in [6.45, 7) is 3.16. The van der Waals surface area contributed by atoms with E-state index in [1.807, 2.05) is 0 Å². The predicted octanol–water partition coefficient (Wildman–Crippen LogP) is 2.26. The molecule has 2 aliphatic carbocycles. The van der Waals surface area contributed by atoms with E-state index in [0.29, 0.717) is 12.0 Å². The summed E-state index contributed by atoms with van der Waals surface area (Å²) in [5.41, 5.74) is 7.79. The van der Waals surface area contributed by atoms with Crippen molar-refractivity contribution in [3.05, 3.63) is 35.9 Å². The van der Waals surface area contributed by atoms with Gasteiger partial charge in [0.1, 0.15) is 0 Å². The van der Waals surface area contributed by atoms with Crippen molar-refractivity contribution < 1.29 is 0 Å². The molecule has 0 saturated heterocycles. The van der Waals surface area contributed by atoms with Gasteiger partial charge in [-0.2, -0.15) is 0 Å². The number of nitrogens with one attached hydrogen (secondary N) is 1. The van der Waals surface area contributed by atoms with E-state index in [9.17, 15) is 0 Å². The molecule has 3 atom stereocenters. The minimum absolute atomic E-state index is 0.00380. The SMILES string of the molecule is CC(N)(CNC1CC1c1ccccc1)C1CC1. The molecule has 0 aromatic heterocycles. The fraction of sp³-hybridized carbons (Fsp3) is 0.600. The maximum Gasteiger partial charge on any atom is 0.0280 e. The first-order valence-electron chi connectivity index (χ1n) is 6.74. The lowest BCUT2D eigenvalue weighted by atomic mass is 9.97. The lowest BCUT2D eigenvalue weighted by Crippen LogP contribution is -2.48. The molecule has 0 radical (unpaired) electrons. The van der Waals surface area contributed by atoms with E-state index >= 15 is 0 Å². The zero-order chi connectivity index (χ0) is 11.9. The standard InChI is InChI=1S/C15H22N2/c1-15(16,12-7-8-12)10-17-14-9-13(14)11-5-3-2-4-6-11/h2-6,12-14,17H,7-10,16H2,1H3. The van der Waals surface area contributed by atoms with E-state index in [4.69, 9.17) is 5.73 Å². The average molecular weight is 230 g/mol. The molecular weight excluding hydrogens is 208 g/mol. The van der Waals surface area contributed by atoms with Crippen molar-refractivity contribution in [2.24, 2.45) is 11.7 Å². The topological polar surface area (TPSA) is 38.0 Å². The number of rotatable bonds is 5. The van der Waals surface area contributed by atoms with Gasteiger partial charge in [-0.15, -0.1) is 0 Å². The number of benzene rings is 1. The second kappa shape index (κ2) is 4.11. The van der Waals surface area contributed by atoms with Crippen molar-refractivity contribution in [2.45, 2.75) is 43.7 Å².